The maximum absolute atomic E-state index is 11.7. The number of likely N-dealkylation sites (N-methyl/N-ethyl adjacent to an activating group) is 1. The van der Waals surface area contributed by atoms with Crippen LogP contribution in [0.2, 0.25) is 0 Å². The molecular weight excluding hydrogens is 182 g/mol. The fourth-order valence-corrected chi connectivity index (χ4v) is 1.34. The van der Waals surface area contributed by atoms with Crippen molar-refractivity contribution < 1.29 is 9.59 Å². The minimum absolute atomic E-state index is 0.0335. The standard InChI is InChI=1S/C9H17N3O2/c1-9(2,10)8(14)12-5-4-11(3)7(13)6-12/h4-6,10H2,1-3H3. The first-order chi connectivity index (χ1) is 6.32. The Morgan fingerprint density at radius 1 is 1.43 bits per heavy atom. The Bertz CT molecular complexity index is 257. The van der Waals surface area contributed by atoms with Crippen LogP contribution in [0.1, 0.15) is 13.8 Å². The van der Waals surface area contributed by atoms with Gasteiger partial charge < -0.3 is 15.5 Å². The summed E-state index contributed by atoms with van der Waals surface area (Å²) in [6.07, 6.45) is 0. The minimum Gasteiger partial charge on any atom is -0.342 e. The molecule has 0 aliphatic carbocycles. The zero-order chi connectivity index (χ0) is 10.9. The molecular formula is C9H17N3O2. The number of nitrogens with zero attached hydrogens (tertiary/aromatic N) is 2. The third-order valence-corrected chi connectivity index (χ3v) is 2.30. The third-order valence-electron chi connectivity index (χ3n) is 2.30. The van der Waals surface area contributed by atoms with Gasteiger partial charge in [-0.2, -0.15) is 0 Å². The Morgan fingerprint density at radius 3 is 2.43 bits per heavy atom. The quantitative estimate of drug-likeness (QED) is 0.590. The largest absolute Gasteiger partial charge is 0.342 e. The van der Waals surface area contributed by atoms with Gasteiger partial charge in [0.25, 0.3) is 0 Å². The Labute approximate surface area is 83.8 Å². The van der Waals surface area contributed by atoms with Gasteiger partial charge in [0.2, 0.25) is 11.8 Å². The summed E-state index contributed by atoms with van der Waals surface area (Å²) >= 11 is 0. The van der Waals surface area contributed by atoms with E-state index in [1.54, 1.807) is 25.8 Å². The van der Waals surface area contributed by atoms with Crippen LogP contribution in [0.25, 0.3) is 0 Å². The lowest BCUT2D eigenvalue weighted by Gasteiger charge is -2.35. The predicted octanol–water partition coefficient (Wildman–Crippen LogP) is -0.976. The van der Waals surface area contributed by atoms with Gasteiger partial charge in [-0.15, -0.1) is 0 Å². The lowest BCUT2D eigenvalue weighted by molar-refractivity contribution is -0.146. The number of carbonyl (C=O) groups excluding carboxylic acids is 2. The Hall–Kier alpha value is -1.10. The number of carbonyl (C=O) groups is 2. The molecule has 14 heavy (non-hydrogen) atoms. The van der Waals surface area contributed by atoms with Gasteiger partial charge in [0.05, 0.1) is 12.1 Å². The van der Waals surface area contributed by atoms with Crippen LogP contribution < -0.4 is 5.73 Å². The van der Waals surface area contributed by atoms with Gasteiger partial charge in [0, 0.05) is 20.1 Å². The molecule has 80 valence electrons. The minimum atomic E-state index is -0.893. The molecule has 0 aromatic rings. The highest BCUT2D eigenvalue weighted by atomic mass is 16.2. The summed E-state index contributed by atoms with van der Waals surface area (Å²) in [6.45, 7) is 4.61. The Balaban J connectivity index is 2.64. The van der Waals surface area contributed by atoms with Crippen molar-refractivity contribution in [1.82, 2.24) is 9.80 Å². The molecule has 5 heteroatoms. The molecule has 1 fully saturated rings. The first kappa shape index (κ1) is 11.0. The van der Waals surface area contributed by atoms with Crippen LogP contribution in [0, 0.1) is 0 Å². The maximum Gasteiger partial charge on any atom is 0.242 e. The smallest absolute Gasteiger partial charge is 0.242 e. The first-order valence-corrected chi connectivity index (χ1v) is 4.64. The zero-order valence-corrected chi connectivity index (χ0v) is 8.91. The second-order valence-corrected chi connectivity index (χ2v) is 4.26. The second kappa shape index (κ2) is 3.57. The third kappa shape index (κ3) is 2.23. The number of rotatable bonds is 1. The molecule has 0 aromatic heterocycles. The molecule has 0 spiro atoms. The van der Waals surface area contributed by atoms with Crippen molar-refractivity contribution in [3.63, 3.8) is 0 Å². The van der Waals surface area contributed by atoms with Crippen LogP contribution in [0.5, 0.6) is 0 Å². The molecule has 1 aliphatic rings. The van der Waals surface area contributed by atoms with Crippen LogP contribution in [-0.2, 0) is 9.59 Å². The number of amides is 2. The van der Waals surface area contributed by atoms with Crippen molar-refractivity contribution in [3.8, 4) is 0 Å². The van der Waals surface area contributed by atoms with Gasteiger partial charge >= 0.3 is 0 Å². The van der Waals surface area contributed by atoms with Crippen molar-refractivity contribution in [1.29, 1.82) is 0 Å². The fourth-order valence-electron chi connectivity index (χ4n) is 1.34. The predicted molar refractivity (Wildman–Crippen MR) is 52.5 cm³/mol. The summed E-state index contributed by atoms with van der Waals surface area (Å²) in [5, 5.41) is 0. The van der Waals surface area contributed by atoms with Crippen molar-refractivity contribution in [2.24, 2.45) is 5.73 Å². The van der Waals surface area contributed by atoms with E-state index in [-0.39, 0.29) is 18.4 Å². The molecule has 0 bridgehead atoms. The lowest BCUT2D eigenvalue weighted by atomic mass is 10.0. The van der Waals surface area contributed by atoms with Gasteiger partial charge in [-0.1, -0.05) is 0 Å². The van der Waals surface area contributed by atoms with Gasteiger partial charge in [0.15, 0.2) is 0 Å². The average molecular weight is 199 g/mol. The molecule has 0 aromatic carbocycles. The van der Waals surface area contributed by atoms with Gasteiger partial charge in [-0.3, -0.25) is 9.59 Å². The van der Waals surface area contributed by atoms with Crippen molar-refractivity contribution >= 4 is 11.8 Å². The average Bonchev–Trinajstić information content (AvgIpc) is 2.07. The highest BCUT2D eigenvalue weighted by molar-refractivity contribution is 5.90. The van der Waals surface area contributed by atoms with E-state index in [0.29, 0.717) is 13.1 Å². The van der Waals surface area contributed by atoms with Gasteiger partial charge in [-0.05, 0) is 13.8 Å². The van der Waals surface area contributed by atoms with Gasteiger partial charge in [-0.25, -0.2) is 0 Å². The summed E-state index contributed by atoms with van der Waals surface area (Å²) in [4.78, 5) is 26.2. The fraction of sp³-hybridized carbons (Fsp3) is 0.778. The van der Waals surface area contributed by atoms with Crippen LogP contribution in [-0.4, -0.2) is 53.8 Å². The van der Waals surface area contributed by atoms with Crippen molar-refractivity contribution in [2.75, 3.05) is 26.7 Å². The maximum atomic E-state index is 11.7. The molecule has 1 rings (SSSR count). The number of hydrogen-bond donors (Lipinski definition) is 1. The van der Waals surface area contributed by atoms with E-state index in [2.05, 4.69) is 0 Å². The molecule has 1 aliphatic heterocycles. The first-order valence-electron chi connectivity index (χ1n) is 4.64. The van der Waals surface area contributed by atoms with Crippen molar-refractivity contribution in [2.45, 2.75) is 19.4 Å². The molecule has 0 saturated carbocycles. The number of nitrogens with two attached hydrogens (primary N) is 1. The normalized spacial score (nSPS) is 18.7. The molecule has 0 unspecified atom stereocenters. The van der Waals surface area contributed by atoms with E-state index in [1.165, 1.54) is 4.90 Å². The van der Waals surface area contributed by atoms with E-state index in [4.69, 9.17) is 5.73 Å². The molecule has 1 heterocycles. The summed E-state index contributed by atoms with van der Waals surface area (Å²) in [5.41, 5.74) is 4.78. The highest BCUT2D eigenvalue weighted by Gasteiger charge is 2.32. The van der Waals surface area contributed by atoms with Crippen LogP contribution in [0.4, 0.5) is 0 Å². The highest BCUT2D eigenvalue weighted by Crippen LogP contribution is 2.08. The molecule has 2 N–H and O–H groups in total. The molecule has 1 saturated heterocycles. The van der Waals surface area contributed by atoms with Gasteiger partial charge in [0.1, 0.15) is 0 Å². The van der Waals surface area contributed by atoms with Crippen LogP contribution in [0.15, 0.2) is 0 Å². The molecule has 2 amide bonds. The van der Waals surface area contributed by atoms with Crippen LogP contribution >= 0.6 is 0 Å². The van der Waals surface area contributed by atoms with Crippen LogP contribution in [0.3, 0.4) is 0 Å². The summed E-state index contributed by atoms with van der Waals surface area (Å²) < 4.78 is 0. The molecule has 0 atom stereocenters. The monoisotopic (exact) mass is 199 g/mol. The summed E-state index contributed by atoms with van der Waals surface area (Å²) in [6, 6.07) is 0. The van der Waals surface area contributed by atoms with E-state index < -0.39 is 5.54 Å². The molecule has 0 radical (unpaired) electrons. The summed E-state index contributed by atoms with van der Waals surface area (Å²) in [7, 11) is 1.73. The van der Waals surface area contributed by atoms with Crippen molar-refractivity contribution in [3.05, 3.63) is 0 Å². The zero-order valence-electron chi connectivity index (χ0n) is 8.91. The number of piperazine rings is 1. The topological polar surface area (TPSA) is 66.6 Å². The summed E-state index contributed by atoms with van der Waals surface area (Å²) in [5.74, 6) is -0.201. The van der Waals surface area contributed by atoms with E-state index in [1.807, 2.05) is 0 Å². The Morgan fingerprint density at radius 2 is 2.00 bits per heavy atom. The van der Waals surface area contributed by atoms with E-state index in [9.17, 15) is 9.59 Å². The molecule has 5 nitrogen and oxygen atoms in total. The number of hydrogen-bond acceptors (Lipinski definition) is 3. The Kier molecular flexibility index (Phi) is 2.80. The van der Waals surface area contributed by atoms with E-state index >= 15 is 0 Å². The SMILES string of the molecule is CN1CCN(C(=O)C(C)(C)N)CC1=O. The second-order valence-electron chi connectivity index (χ2n) is 4.26. The van der Waals surface area contributed by atoms with E-state index in [0.717, 1.165) is 0 Å². The lowest BCUT2D eigenvalue weighted by Crippen LogP contribution is -2.58.